The average Bonchev–Trinajstić information content (AvgIpc) is 2.52. The average molecular weight is 171 g/mol. The number of nitrogens with two attached hydrogens (primary N) is 1. The molecule has 3 heteroatoms. The van der Waals surface area contributed by atoms with Gasteiger partial charge >= 0.3 is 0 Å². The first-order chi connectivity index (χ1) is 5.88. The van der Waals surface area contributed by atoms with Crippen molar-refractivity contribution < 1.29 is 0 Å². The van der Waals surface area contributed by atoms with Crippen LogP contribution in [0.4, 0.5) is 0 Å². The van der Waals surface area contributed by atoms with E-state index in [-0.39, 0.29) is 0 Å². The minimum atomic E-state index is 0.766. The first kappa shape index (κ1) is 9.96. The summed E-state index contributed by atoms with van der Waals surface area (Å²) in [7, 11) is 0. The molecule has 72 valence electrons. The van der Waals surface area contributed by atoms with Crippen LogP contribution in [0.2, 0.25) is 0 Å². The van der Waals surface area contributed by atoms with Gasteiger partial charge in [-0.1, -0.05) is 6.92 Å². The SMILES string of the molecule is CCC1CCCN1NCCCN. The summed E-state index contributed by atoms with van der Waals surface area (Å²) < 4.78 is 0. The van der Waals surface area contributed by atoms with E-state index in [1.165, 1.54) is 25.8 Å². The summed E-state index contributed by atoms with van der Waals surface area (Å²) in [4.78, 5) is 0. The summed E-state index contributed by atoms with van der Waals surface area (Å²) >= 11 is 0. The third-order valence-corrected chi connectivity index (χ3v) is 2.54. The topological polar surface area (TPSA) is 41.3 Å². The Hall–Kier alpha value is -0.120. The monoisotopic (exact) mass is 171 g/mol. The Labute approximate surface area is 75.3 Å². The third kappa shape index (κ3) is 2.73. The molecule has 0 aromatic carbocycles. The molecule has 1 aliphatic rings. The number of nitrogens with zero attached hydrogens (tertiary/aromatic N) is 1. The van der Waals surface area contributed by atoms with E-state index in [4.69, 9.17) is 5.73 Å². The maximum absolute atomic E-state index is 5.42. The van der Waals surface area contributed by atoms with Crippen LogP contribution in [0.3, 0.4) is 0 Å². The molecule has 1 unspecified atom stereocenters. The lowest BCUT2D eigenvalue weighted by Crippen LogP contribution is -2.42. The highest BCUT2D eigenvalue weighted by Gasteiger charge is 2.21. The molecule has 12 heavy (non-hydrogen) atoms. The van der Waals surface area contributed by atoms with Crippen molar-refractivity contribution in [1.82, 2.24) is 10.4 Å². The van der Waals surface area contributed by atoms with Gasteiger partial charge in [-0.3, -0.25) is 5.43 Å². The second-order valence-corrected chi connectivity index (χ2v) is 3.45. The second kappa shape index (κ2) is 5.51. The lowest BCUT2D eigenvalue weighted by atomic mass is 10.2. The van der Waals surface area contributed by atoms with E-state index in [0.717, 1.165) is 25.6 Å². The van der Waals surface area contributed by atoms with E-state index in [9.17, 15) is 0 Å². The number of hydrogen-bond donors (Lipinski definition) is 2. The number of hydrogen-bond acceptors (Lipinski definition) is 3. The molecule has 0 bridgehead atoms. The summed E-state index contributed by atoms with van der Waals surface area (Å²) in [5.74, 6) is 0. The Kier molecular flexibility index (Phi) is 4.58. The summed E-state index contributed by atoms with van der Waals surface area (Å²) in [5, 5.41) is 2.38. The van der Waals surface area contributed by atoms with Gasteiger partial charge in [0.15, 0.2) is 0 Å². The highest BCUT2D eigenvalue weighted by atomic mass is 15.5. The maximum atomic E-state index is 5.42. The maximum Gasteiger partial charge on any atom is 0.0241 e. The molecule has 1 rings (SSSR count). The van der Waals surface area contributed by atoms with Crippen LogP contribution < -0.4 is 11.2 Å². The molecule has 1 saturated heterocycles. The van der Waals surface area contributed by atoms with Gasteiger partial charge in [-0.2, -0.15) is 0 Å². The van der Waals surface area contributed by atoms with Gasteiger partial charge in [0.1, 0.15) is 0 Å². The molecule has 0 amide bonds. The highest BCUT2D eigenvalue weighted by Crippen LogP contribution is 2.16. The Bertz CT molecular complexity index is 116. The zero-order valence-electron chi connectivity index (χ0n) is 8.05. The van der Waals surface area contributed by atoms with Crippen LogP contribution in [0.25, 0.3) is 0 Å². The van der Waals surface area contributed by atoms with Crippen LogP contribution in [0.5, 0.6) is 0 Å². The fourth-order valence-electron chi connectivity index (χ4n) is 1.79. The molecule has 1 atom stereocenters. The van der Waals surface area contributed by atoms with Crippen molar-refractivity contribution in [3.05, 3.63) is 0 Å². The molecule has 3 nitrogen and oxygen atoms in total. The summed E-state index contributed by atoms with van der Waals surface area (Å²) in [6.45, 7) is 5.29. The zero-order chi connectivity index (χ0) is 8.81. The Morgan fingerprint density at radius 3 is 3.08 bits per heavy atom. The third-order valence-electron chi connectivity index (χ3n) is 2.54. The predicted octanol–water partition coefficient (Wildman–Crippen LogP) is 0.714. The summed E-state index contributed by atoms with van der Waals surface area (Å²) in [6.07, 6.45) is 5.03. The molecule has 0 saturated carbocycles. The van der Waals surface area contributed by atoms with Crippen LogP contribution in [0.1, 0.15) is 32.6 Å². The summed E-state index contributed by atoms with van der Waals surface area (Å²) in [5.41, 5.74) is 8.86. The molecule has 0 radical (unpaired) electrons. The van der Waals surface area contributed by atoms with Crippen molar-refractivity contribution in [2.45, 2.75) is 38.6 Å². The van der Waals surface area contributed by atoms with Crippen molar-refractivity contribution in [2.75, 3.05) is 19.6 Å². The minimum Gasteiger partial charge on any atom is -0.330 e. The number of nitrogens with one attached hydrogen (secondary N) is 1. The number of rotatable bonds is 5. The van der Waals surface area contributed by atoms with Crippen LogP contribution in [-0.4, -0.2) is 30.7 Å². The lowest BCUT2D eigenvalue weighted by molar-refractivity contribution is 0.166. The van der Waals surface area contributed by atoms with Crippen LogP contribution in [0.15, 0.2) is 0 Å². The first-order valence-electron chi connectivity index (χ1n) is 5.08. The Morgan fingerprint density at radius 2 is 2.42 bits per heavy atom. The molecule has 3 N–H and O–H groups in total. The van der Waals surface area contributed by atoms with Crippen LogP contribution in [-0.2, 0) is 0 Å². The zero-order valence-corrected chi connectivity index (χ0v) is 8.05. The van der Waals surface area contributed by atoms with Gasteiger partial charge in [0.05, 0.1) is 0 Å². The number of hydrazine groups is 1. The van der Waals surface area contributed by atoms with Gasteiger partial charge < -0.3 is 5.73 Å². The quantitative estimate of drug-likeness (QED) is 0.599. The molecule has 0 aromatic rings. The van der Waals surface area contributed by atoms with E-state index in [1.54, 1.807) is 0 Å². The van der Waals surface area contributed by atoms with E-state index >= 15 is 0 Å². The first-order valence-corrected chi connectivity index (χ1v) is 5.08. The molecule has 1 fully saturated rings. The Morgan fingerprint density at radius 1 is 1.58 bits per heavy atom. The normalized spacial score (nSPS) is 25.0. The van der Waals surface area contributed by atoms with Gasteiger partial charge in [-0.25, -0.2) is 5.01 Å². The standard InChI is InChI=1S/C9H21N3/c1-2-9-5-3-8-12(9)11-7-4-6-10/h9,11H,2-8,10H2,1H3. The van der Waals surface area contributed by atoms with Gasteiger partial charge in [0.2, 0.25) is 0 Å². The van der Waals surface area contributed by atoms with Crippen molar-refractivity contribution in [1.29, 1.82) is 0 Å². The molecule has 0 spiro atoms. The van der Waals surface area contributed by atoms with Crippen molar-refractivity contribution in [3.8, 4) is 0 Å². The molecule has 0 aliphatic carbocycles. The largest absolute Gasteiger partial charge is 0.330 e. The van der Waals surface area contributed by atoms with Crippen LogP contribution in [0, 0.1) is 0 Å². The highest BCUT2D eigenvalue weighted by molar-refractivity contribution is 4.74. The Balaban J connectivity index is 2.12. The second-order valence-electron chi connectivity index (χ2n) is 3.45. The van der Waals surface area contributed by atoms with Gasteiger partial charge in [-0.05, 0) is 32.2 Å². The molecular weight excluding hydrogens is 150 g/mol. The molecule has 0 aromatic heterocycles. The van der Waals surface area contributed by atoms with Crippen molar-refractivity contribution >= 4 is 0 Å². The van der Waals surface area contributed by atoms with Gasteiger partial charge in [0.25, 0.3) is 0 Å². The predicted molar refractivity (Wildman–Crippen MR) is 51.7 cm³/mol. The summed E-state index contributed by atoms with van der Waals surface area (Å²) in [6, 6.07) is 0.766. The fraction of sp³-hybridized carbons (Fsp3) is 1.00. The van der Waals surface area contributed by atoms with Gasteiger partial charge in [0, 0.05) is 19.1 Å². The van der Waals surface area contributed by atoms with E-state index in [1.807, 2.05) is 0 Å². The van der Waals surface area contributed by atoms with E-state index in [2.05, 4.69) is 17.4 Å². The van der Waals surface area contributed by atoms with Crippen molar-refractivity contribution in [3.63, 3.8) is 0 Å². The fourth-order valence-corrected chi connectivity index (χ4v) is 1.79. The molecular formula is C9H21N3. The van der Waals surface area contributed by atoms with Crippen LogP contribution >= 0.6 is 0 Å². The lowest BCUT2D eigenvalue weighted by Gasteiger charge is -2.23. The van der Waals surface area contributed by atoms with Crippen molar-refractivity contribution in [2.24, 2.45) is 5.73 Å². The molecule has 1 aliphatic heterocycles. The van der Waals surface area contributed by atoms with Gasteiger partial charge in [-0.15, -0.1) is 0 Å². The van der Waals surface area contributed by atoms with E-state index < -0.39 is 0 Å². The molecule has 1 heterocycles. The minimum absolute atomic E-state index is 0.766. The smallest absolute Gasteiger partial charge is 0.0241 e. The van der Waals surface area contributed by atoms with E-state index in [0.29, 0.717) is 0 Å².